The van der Waals surface area contributed by atoms with Crippen molar-refractivity contribution in [3.05, 3.63) is 0 Å². The molecule has 0 bridgehead atoms. The van der Waals surface area contributed by atoms with E-state index in [0.717, 1.165) is 13.0 Å². The summed E-state index contributed by atoms with van der Waals surface area (Å²) in [7, 11) is 0. The second-order valence-corrected chi connectivity index (χ2v) is 7.85. The predicted octanol–water partition coefficient (Wildman–Crippen LogP) is 4.21. The van der Waals surface area contributed by atoms with Crippen LogP contribution < -0.4 is 11.1 Å². The number of hydrogen-bond acceptors (Lipinski definition) is 2. The lowest BCUT2D eigenvalue weighted by molar-refractivity contribution is -0.131. The van der Waals surface area contributed by atoms with Crippen LogP contribution in [0.3, 0.4) is 0 Å². The van der Waals surface area contributed by atoms with Crippen molar-refractivity contribution in [2.75, 3.05) is 6.54 Å². The summed E-state index contributed by atoms with van der Waals surface area (Å²) >= 11 is 0. The fourth-order valence-electron chi connectivity index (χ4n) is 4.24. The van der Waals surface area contributed by atoms with Gasteiger partial charge in [0.25, 0.3) is 0 Å². The van der Waals surface area contributed by atoms with E-state index in [1.807, 2.05) is 0 Å². The van der Waals surface area contributed by atoms with Crippen molar-refractivity contribution in [3.8, 4) is 0 Å². The number of hydrogen-bond donors (Lipinski definition) is 2. The number of primary amides is 1. The first-order valence-corrected chi connectivity index (χ1v) is 9.19. The molecule has 1 amide bonds. The smallest absolute Gasteiger partial charge is 0.238 e. The van der Waals surface area contributed by atoms with E-state index in [2.05, 4.69) is 60.7 Å². The number of amides is 1. The van der Waals surface area contributed by atoms with Gasteiger partial charge < -0.3 is 11.1 Å². The van der Waals surface area contributed by atoms with Crippen LogP contribution in [0, 0.1) is 29.6 Å². The van der Waals surface area contributed by atoms with Gasteiger partial charge in [0.2, 0.25) is 5.91 Å². The Labute approximate surface area is 138 Å². The number of rotatable bonds is 11. The van der Waals surface area contributed by atoms with Gasteiger partial charge in [0, 0.05) is 0 Å². The monoisotopic (exact) mass is 312 g/mol. The van der Waals surface area contributed by atoms with Gasteiger partial charge in [-0.05, 0) is 42.6 Å². The molecule has 2 atom stereocenters. The third kappa shape index (κ3) is 4.97. The van der Waals surface area contributed by atoms with Gasteiger partial charge in [0.05, 0.1) is 0 Å². The molecule has 0 aromatic carbocycles. The molecule has 0 aliphatic rings. The maximum Gasteiger partial charge on any atom is 0.238 e. The van der Waals surface area contributed by atoms with Crippen molar-refractivity contribution in [3.63, 3.8) is 0 Å². The number of nitrogens with two attached hydrogens (primary N) is 1. The van der Waals surface area contributed by atoms with Crippen LogP contribution in [0.1, 0.15) is 74.7 Å². The summed E-state index contributed by atoms with van der Waals surface area (Å²) in [4.78, 5) is 12.5. The molecule has 0 spiro atoms. The van der Waals surface area contributed by atoms with Crippen molar-refractivity contribution >= 4 is 5.91 Å². The topological polar surface area (TPSA) is 55.1 Å². The molecule has 0 aliphatic carbocycles. The largest absolute Gasteiger partial charge is 0.368 e. The summed E-state index contributed by atoms with van der Waals surface area (Å²) in [6, 6.07) is 0. The molecule has 0 saturated heterocycles. The van der Waals surface area contributed by atoms with Crippen molar-refractivity contribution in [2.24, 2.45) is 35.3 Å². The Morgan fingerprint density at radius 1 is 1.05 bits per heavy atom. The molecule has 3 nitrogen and oxygen atoms in total. The fourth-order valence-corrected chi connectivity index (χ4v) is 4.24. The molecule has 0 aromatic heterocycles. The van der Waals surface area contributed by atoms with Crippen LogP contribution in [-0.4, -0.2) is 18.0 Å². The Hall–Kier alpha value is -0.570. The highest BCUT2D eigenvalue weighted by Gasteiger charge is 2.49. The molecule has 0 radical (unpaired) electrons. The first-order valence-electron chi connectivity index (χ1n) is 9.19. The zero-order chi connectivity index (χ0) is 17.5. The van der Waals surface area contributed by atoms with E-state index in [-0.39, 0.29) is 17.7 Å². The SMILES string of the molecule is CCCC(CC)CNC(C(N)=O)(C(C)C)C(C(C)C)C(C)C. The van der Waals surface area contributed by atoms with E-state index in [0.29, 0.717) is 17.8 Å². The fraction of sp³-hybridized carbons (Fsp3) is 0.947. The van der Waals surface area contributed by atoms with Crippen LogP contribution in [-0.2, 0) is 4.79 Å². The Bertz CT molecular complexity index is 317. The maximum atomic E-state index is 12.5. The van der Waals surface area contributed by atoms with Crippen LogP contribution >= 0.6 is 0 Å². The minimum Gasteiger partial charge on any atom is -0.368 e. The molecule has 3 heteroatoms. The third-order valence-corrected chi connectivity index (χ3v) is 5.24. The standard InChI is InChI=1S/C19H40N2O/c1-9-11-16(10-2)12-21-19(15(7)8,18(20)22)17(13(3)4)14(5)6/h13-17,21H,9-12H2,1-8H3,(H2,20,22). The van der Waals surface area contributed by atoms with Gasteiger partial charge in [-0.15, -0.1) is 0 Å². The molecule has 3 N–H and O–H groups in total. The third-order valence-electron chi connectivity index (χ3n) is 5.24. The summed E-state index contributed by atoms with van der Waals surface area (Å²) < 4.78 is 0. The van der Waals surface area contributed by atoms with Gasteiger partial charge in [-0.3, -0.25) is 4.79 Å². The Morgan fingerprint density at radius 2 is 1.55 bits per heavy atom. The zero-order valence-corrected chi connectivity index (χ0v) is 16.2. The van der Waals surface area contributed by atoms with Gasteiger partial charge in [0.15, 0.2) is 0 Å². The van der Waals surface area contributed by atoms with Gasteiger partial charge >= 0.3 is 0 Å². The average molecular weight is 313 g/mol. The van der Waals surface area contributed by atoms with Gasteiger partial charge in [-0.25, -0.2) is 0 Å². The molecule has 132 valence electrons. The molecule has 2 unspecified atom stereocenters. The predicted molar refractivity (Wildman–Crippen MR) is 96.6 cm³/mol. The van der Waals surface area contributed by atoms with Crippen LogP contribution in [0.4, 0.5) is 0 Å². The van der Waals surface area contributed by atoms with Gasteiger partial charge in [0.1, 0.15) is 5.54 Å². The van der Waals surface area contributed by atoms with Crippen LogP contribution in [0.5, 0.6) is 0 Å². The van der Waals surface area contributed by atoms with Gasteiger partial charge in [-0.2, -0.15) is 0 Å². The van der Waals surface area contributed by atoms with Crippen molar-refractivity contribution in [2.45, 2.75) is 80.2 Å². The molecule has 0 aliphatic heterocycles. The van der Waals surface area contributed by atoms with Crippen LogP contribution in [0.25, 0.3) is 0 Å². The molecule has 0 heterocycles. The van der Waals surface area contributed by atoms with E-state index >= 15 is 0 Å². The quantitative estimate of drug-likeness (QED) is 0.600. The molecular formula is C19H40N2O. The maximum absolute atomic E-state index is 12.5. The summed E-state index contributed by atoms with van der Waals surface area (Å²) in [5.74, 6) is 1.66. The number of carbonyl (C=O) groups excluding carboxylic acids is 1. The van der Waals surface area contributed by atoms with E-state index < -0.39 is 5.54 Å². The summed E-state index contributed by atoms with van der Waals surface area (Å²) in [6.07, 6.45) is 3.52. The minimum atomic E-state index is -0.622. The highest BCUT2D eigenvalue weighted by Crippen LogP contribution is 2.37. The second kappa shape index (κ2) is 9.54. The lowest BCUT2D eigenvalue weighted by Gasteiger charge is -2.47. The lowest BCUT2D eigenvalue weighted by atomic mass is 9.65. The zero-order valence-electron chi connectivity index (χ0n) is 16.2. The van der Waals surface area contributed by atoms with E-state index in [1.165, 1.54) is 12.8 Å². The minimum absolute atomic E-state index is 0.180. The van der Waals surface area contributed by atoms with Crippen molar-refractivity contribution < 1.29 is 4.79 Å². The molecule has 22 heavy (non-hydrogen) atoms. The normalized spacial score (nSPS) is 16.5. The first kappa shape index (κ1) is 21.4. The van der Waals surface area contributed by atoms with E-state index in [4.69, 9.17) is 5.73 Å². The molecule has 0 fully saturated rings. The van der Waals surface area contributed by atoms with Crippen molar-refractivity contribution in [1.29, 1.82) is 0 Å². The molecule has 0 rings (SSSR count). The summed E-state index contributed by atoms with van der Waals surface area (Å²) in [6.45, 7) is 18.4. The Morgan fingerprint density at radius 3 is 1.82 bits per heavy atom. The van der Waals surface area contributed by atoms with Crippen LogP contribution in [0.15, 0.2) is 0 Å². The van der Waals surface area contributed by atoms with Crippen LogP contribution in [0.2, 0.25) is 0 Å². The average Bonchev–Trinajstić information content (AvgIpc) is 2.39. The summed E-state index contributed by atoms with van der Waals surface area (Å²) in [5.41, 5.74) is 5.33. The molecule has 0 aromatic rings. The Kier molecular flexibility index (Phi) is 9.30. The van der Waals surface area contributed by atoms with E-state index in [1.54, 1.807) is 0 Å². The lowest BCUT2D eigenvalue weighted by Crippen LogP contribution is -2.66. The first-order chi connectivity index (χ1) is 10.1. The summed E-state index contributed by atoms with van der Waals surface area (Å²) in [5, 5.41) is 3.66. The number of carbonyl (C=O) groups is 1. The van der Waals surface area contributed by atoms with E-state index in [9.17, 15) is 4.79 Å². The van der Waals surface area contributed by atoms with Gasteiger partial charge in [-0.1, -0.05) is 68.2 Å². The number of nitrogens with one attached hydrogen (secondary N) is 1. The highest BCUT2D eigenvalue weighted by molar-refractivity contribution is 5.85. The Balaban J connectivity index is 5.55. The highest BCUT2D eigenvalue weighted by atomic mass is 16.1. The van der Waals surface area contributed by atoms with Crippen molar-refractivity contribution in [1.82, 2.24) is 5.32 Å². The second-order valence-electron chi connectivity index (χ2n) is 7.85. The molecule has 0 saturated carbocycles. The molecular weight excluding hydrogens is 272 g/mol.